The van der Waals surface area contributed by atoms with E-state index in [-0.39, 0.29) is 0 Å². The van der Waals surface area contributed by atoms with Crippen LogP contribution in [0.1, 0.15) is 12.0 Å². The zero-order chi connectivity index (χ0) is 12.3. The highest BCUT2D eigenvalue weighted by Gasteiger charge is 2.21. The van der Waals surface area contributed by atoms with Crippen LogP contribution in [0.15, 0.2) is 22.7 Å². The first kappa shape index (κ1) is 12.9. The molecule has 0 aliphatic carbocycles. The van der Waals surface area contributed by atoms with Gasteiger partial charge < -0.3 is 9.47 Å². The Bertz CT molecular complexity index is 384. The molecule has 1 fully saturated rings. The van der Waals surface area contributed by atoms with Gasteiger partial charge >= 0.3 is 0 Å². The van der Waals surface area contributed by atoms with E-state index in [2.05, 4.69) is 33.0 Å². The second-order valence-corrected chi connectivity index (χ2v) is 5.30. The van der Waals surface area contributed by atoms with Crippen LogP contribution < -0.4 is 4.74 Å². The van der Waals surface area contributed by atoms with Crippen LogP contribution in [0.25, 0.3) is 0 Å². The molecule has 1 aromatic rings. The second-order valence-electron chi connectivity index (χ2n) is 4.38. The number of hydrogen-bond donors (Lipinski definition) is 0. The van der Waals surface area contributed by atoms with Crippen LogP contribution in [0.5, 0.6) is 5.75 Å². The highest BCUT2D eigenvalue weighted by atomic mass is 79.9. The van der Waals surface area contributed by atoms with Crippen molar-refractivity contribution in [1.82, 2.24) is 4.90 Å². The Morgan fingerprint density at radius 1 is 1.35 bits per heavy atom. The Balaban J connectivity index is 2.01. The van der Waals surface area contributed by atoms with Gasteiger partial charge in [0.05, 0.1) is 13.2 Å². The van der Waals surface area contributed by atoms with Crippen LogP contribution in [-0.4, -0.2) is 38.3 Å². The molecule has 3 nitrogen and oxygen atoms in total. The van der Waals surface area contributed by atoms with Crippen LogP contribution in [0.3, 0.4) is 0 Å². The van der Waals surface area contributed by atoms with Crippen molar-refractivity contribution >= 4 is 15.9 Å². The lowest BCUT2D eigenvalue weighted by molar-refractivity contribution is 0.107. The molecular formula is C13H18BrNO2. The summed E-state index contributed by atoms with van der Waals surface area (Å²) in [6.07, 6.45) is 1.52. The molecule has 4 heteroatoms. The molecule has 1 aromatic carbocycles. The van der Waals surface area contributed by atoms with Crippen molar-refractivity contribution in [1.29, 1.82) is 0 Å². The van der Waals surface area contributed by atoms with Crippen LogP contribution >= 0.6 is 15.9 Å². The zero-order valence-corrected chi connectivity index (χ0v) is 11.9. The van der Waals surface area contributed by atoms with E-state index in [9.17, 15) is 0 Å². The van der Waals surface area contributed by atoms with Crippen LogP contribution in [-0.2, 0) is 11.3 Å². The predicted molar refractivity (Wildman–Crippen MR) is 71.4 cm³/mol. The molecule has 1 unspecified atom stereocenters. The number of rotatable bonds is 4. The number of ether oxygens (including phenoxy) is 2. The summed E-state index contributed by atoms with van der Waals surface area (Å²) in [5.41, 5.74) is 1.27. The Morgan fingerprint density at radius 2 is 2.18 bits per heavy atom. The molecule has 0 spiro atoms. The minimum absolute atomic E-state index is 0.393. The molecule has 2 rings (SSSR count). The standard InChI is InChI=1S/C13H18BrNO2/c1-16-12-3-4-15(9-12)8-10-5-11(14)7-13(6-10)17-2/h5-7,12H,3-4,8-9H2,1-2H3. The van der Waals surface area contributed by atoms with Gasteiger partial charge in [0.15, 0.2) is 0 Å². The van der Waals surface area contributed by atoms with Gasteiger partial charge in [0.1, 0.15) is 5.75 Å². The van der Waals surface area contributed by atoms with Crippen molar-refractivity contribution in [3.05, 3.63) is 28.2 Å². The van der Waals surface area contributed by atoms with Gasteiger partial charge in [0.2, 0.25) is 0 Å². The van der Waals surface area contributed by atoms with Crippen LogP contribution in [0, 0.1) is 0 Å². The summed E-state index contributed by atoms with van der Waals surface area (Å²) < 4.78 is 11.7. The van der Waals surface area contributed by atoms with E-state index in [0.29, 0.717) is 6.10 Å². The van der Waals surface area contributed by atoms with Gasteiger partial charge in [-0.05, 0) is 30.2 Å². The summed E-state index contributed by atoms with van der Waals surface area (Å²) in [5, 5.41) is 0. The molecule has 0 radical (unpaired) electrons. The molecule has 1 heterocycles. The van der Waals surface area contributed by atoms with Crippen LogP contribution in [0.2, 0.25) is 0 Å². The zero-order valence-electron chi connectivity index (χ0n) is 10.3. The second kappa shape index (κ2) is 5.85. The normalized spacial score (nSPS) is 20.8. The molecular weight excluding hydrogens is 282 g/mol. The number of benzene rings is 1. The fraction of sp³-hybridized carbons (Fsp3) is 0.538. The number of methoxy groups -OCH3 is 2. The summed E-state index contributed by atoms with van der Waals surface area (Å²) in [5.74, 6) is 0.900. The first-order valence-electron chi connectivity index (χ1n) is 5.80. The molecule has 17 heavy (non-hydrogen) atoms. The van der Waals surface area contributed by atoms with Crippen molar-refractivity contribution < 1.29 is 9.47 Å². The van der Waals surface area contributed by atoms with Crippen LogP contribution in [0.4, 0.5) is 0 Å². The molecule has 0 amide bonds. The van der Waals surface area contributed by atoms with Crippen molar-refractivity contribution in [2.45, 2.75) is 19.1 Å². The molecule has 1 aliphatic rings. The summed E-state index contributed by atoms with van der Waals surface area (Å²) in [7, 11) is 3.48. The molecule has 0 aromatic heterocycles. The lowest BCUT2D eigenvalue weighted by Gasteiger charge is -2.16. The third-order valence-corrected chi connectivity index (χ3v) is 3.59. The number of hydrogen-bond acceptors (Lipinski definition) is 3. The van der Waals surface area contributed by atoms with E-state index < -0.39 is 0 Å². The summed E-state index contributed by atoms with van der Waals surface area (Å²) in [6, 6.07) is 6.21. The average Bonchev–Trinajstić information content (AvgIpc) is 2.76. The highest BCUT2D eigenvalue weighted by molar-refractivity contribution is 9.10. The van der Waals surface area contributed by atoms with Gasteiger partial charge in [0.25, 0.3) is 0 Å². The largest absolute Gasteiger partial charge is 0.497 e. The number of halogens is 1. The van der Waals surface area contributed by atoms with Crippen molar-refractivity contribution in [2.24, 2.45) is 0 Å². The lowest BCUT2D eigenvalue weighted by Crippen LogP contribution is -2.22. The van der Waals surface area contributed by atoms with E-state index in [4.69, 9.17) is 9.47 Å². The molecule has 94 valence electrons. The Kier molecular flexibility index (Phi) is 4.42. The van der Waals surface area contributed by atoms with E-state index in [1.54, 1.807) is 14.2 Å². The Labute approximate surface area is 111 Å². The fourth-order valence-corrected chi connectivity index (χ4v) is 2.74. The van der Waals surface area contributed by atoms with E-state index in [0.717, 1.165) is 36.3 Å². The predicted octanol–water partition coefficient (Wildman–Crippen LogP) is 2.68. The highest BCUT2D eigenvalue weighted by Crippen LogP contribution is 2.23. The average molecular weight is 300 g/mol. The van der Waals surface area contributed by atoms with Gasteiger partial charge in [-0.25, -0.2) is 0 Å². The minimum Gasteiger partial charge on any atom is -0.497 e. The first-order valence-corrected chi connectivity index (χ1v) is 6.59. The van der Waals surface area contributed by atoms with Crippen molar-refractivity contribution in [3.63, 3.8) is 0 Å². The molecule has 1 saturated heterocycles. The maximum absolute atomic E-state index is 5.37. The van der Waals surface area contributed by atoms with E-state index in [1.807, 2.05) is 6.07 Å². The van der Waals surface area contributed by atoms with Crippen molar-refractivity contribution in [3.8, 4) is 5.75 Å². The van der Waals surface area contributed by atoms with Gasteiger partial charge in [-0.3, -0.25) is 4.90 Å². The van der Waals surface area contributed by atoms with Gasteiger partial charge in [-0.15, -0.1) is 0 Å². The molecule has 1 atom stereocenters. The van der Waals surface area contributed by atoms with Gasteiger partial charge in [0, 0.05) is 31.2 Å². The van der Waals surface area contributed by atoms with Gasteiger partial charge in [-0.1, -0.05) is 15.9 Å². The van der Waals surface area contributed by atoms with Crippen molar-refractivity contribution in [2.75, 3.05) is 27.3 Å². The monoisotopic (exact) mass is 299 g/mol. The minimum atomic E-state index is 0.393. The first-order chi connectivity index (χ1) is 8.21. The maximum atomic E-state index is 5.37. The van der Waals surface area contributed by atoms with Gasteiger partial charge in [-0.2, -0.15) is 0 Å². The third kappa shape index (κ3) is 3.44. The molecule has 0 N–H and O–H groups in total. The lowest BCUT2D eigenvalue weighted by atomic mass is 10.2. The Morgan fingerprint density at radius 3 is 2.82 bits per heavy atom. The van der Waals surface area contributed by atoms with E-state index in [1.165, 1.54) is 5.56 Å². The van der Waals surface area contributed by atoms with E-state index >= 15 is 0 Å². The Hall–Kier alpha value is -0.580. The SMILES string of the molecule is COc1cc(Br)cc(CN2CCC(OC)C2)c1. The fourth-order valence-electron chi connectivity index (χ4n) is 2.22. The number of nitrogens with zero attached hydrogens (tertiary/aromatic N) is 1. The summed E-state index contributed by atoms with van der Waals surface area (Å²) in [4.78, 5) is 2.41. The molecule has 0 bridgehead atoms. The number of likely N-dealkylation sites (tertiary alicyclic amines) is 1. The quantitative estimate of drug-likeness (QED) is 0.853. The third-order valence-electron chi connectivity index (χ3n) is 3.14. The molecule has 1 aliphatic heterocycles. The summed E-state index contributed by atoms with van der Waals surface area (Å²) in [6.45, 7) is 3.08. The molecule has 0 saturated carbocycles. The maximum Gasteiger partial charge on any atom is 0.120 e. The topological polar surface area (TPSA) is 21.7 Å². The summed E-state index contributed by atoms with van der Waals surface area (Å²) >= 11 is 3.51. The smallest absolute Gasteiger partial charge is 0.120 e.